The van der Waals surface area contributed by atoms with Crippen molar-refractivity contribution in [3.8, 4) is 0 Å². The van der Waals surface area contributed by atoms with Crippen molar-refractivity contribution in [2.45, 2.75) is 11.1 Å². The molecule has 0 saturated heterocycles. The van der Waals surface area contributed by atoms with Gasteiger partial charge in [-0.1, -0.05) is 12.1 Å². The van der Waals surface area contributed by atoms with Gasteiger partial charge in [-0.25, -0.2) is 8.42 Å². The first kappa shape index (κ1) is 16.7. The van der Waals surface area contributed by atoms with Crippen molar-refractivity contribution < 1.29 is 21.6 Å². The van der Waals surface area contributed by atoms with Crippen molar-refractivity contribution in [2.24, 2.45) is 0 Å². The van der Waals surface area contributed by atoms with Gasteiger partial charge in [0.1, 0.15) is 6.54 Å². The fraction of sp³-hybridized carbons (Fsp3) is 0.400. The molecule has 0 heterocycles. The summed E-state index contributed by atoms with van der Waals surface area (Å²) in [6.45, 7) is -1.98. The van der Waals surface area contributed by atoms with Crippen molar-refractivity contribution in [1.82, 2.24) is 4.31 Å². The molecule has 0 aromatic heterocycles. The van der Waals surface area contributed by atoms with E-state index in [1.54, 1.807) is 6.07 Å². The van der Waals surface area contributed by atoms with Gasteiger partial charge in [0.05, 0.1) is 4.90 Å². The molecule has 0 aliphatic carbocycles. The summed E-state index contributed by atoms with van der Waals surface area (Å²) in [7, 11) is -4.25. The summed E-state index contributed by atoms with van der Waals surface area (Å²) in [6.07, 6.45) is -4.62. The fourth-order valence-corrected chi connectivity index (χ4v) is 4.07. The highest BCUT2D eigenvalue weighted by Crippen LogP contribution is 2.27. The Labute approximate surface area is 122 Å². The molecule has 9 heteroatoms. The van der Waals surface area contributed by atoms with Gasteiger partial charge >= 0.3 is 6.18 Å². The van der Waals surface area contributed by atoms with Crippen LogP contribution in [0.4, 0.5) is 13.2 Å². The first-order chi connectivity index (χ1) is 8.68. The molecule has 108 valence electrons. The first-order valence-corrected chi connectivity index (χ1v) is 7.82. The van der Waals surface area contributed by atoms with Gasteiger partial charge in [0, 0.05) is 16.9 Å². The molecule has 0 saturated carbocycles. The van der Waals surface area contributed by atoms with E-state index in [0.29, 0.717) is 4.31 Å². The third kappa shape index (κ3) is 4.62. The van der Waals surface area contributed by atoms with Gasteiger partial charge < -0.3 is 0 Å². The maximum atomic E-state index is 12.4. The van der Waals surface area contributed by atoms with E-state index >= 15 is 0 Å². The van der Waals surface area contributed by atoms with Gasteiger partial charge in [-0.3, -0.25) is 0 Å². The van der Waals surface area contributed by atoms with E-state index in [-0.39, 0.29) is 15.2 Å². The molecule has 0 spiro atoms. The predicted molar refractivity (Wildman–Crippen MR) is 69.7 cm³/mol. The van der Waals surface area contributed by atoms with Crippen LogP contribution in [0, 0.1) is 0 Å². The molecule has 19 heavy (non-hydrogen) atoms. The van der Waals surface area contributed by atoms with Crippen LogP contribution in [-0.4, -0.2) is 37.9 Å². The lowest BCUT2D eigenvalue weighted by atomic mass is 10.4. The molecule has 0 atom stereocenters. The third-order valence-corrected chi connectivity index (χ3v) is 5.17. The number of alkyl halides is 4. The Morgan fingerprint density at radius 3 is 2.32 bits per heavy atom. The van der Waals surface area contributed by atoms with E-state index in [0.717, 1.165) is 0 Å². The standard InChI is InChI=1S/C10H10BrClF3NO2S/c11-8-3-1-2-4-9(8)19(17,18)16(6-5-12)7-10(13,14)15/h1-4H,5-7H2. The van der Waals surface area contributed by atoms with Crippen LogP contribution in [0.5, 0.6) is 0 Å². The van der Waals surface area contributed by atoms with E-state index in [2.05, 4.69) is 15.9 Å². The van der Waals surface area contributed by atoms with Gasteiger partial charge in [0.15, 0.2) is 0 Å². The highest BCUT2D eigenvalue weighted by atomic mass is 79.9. The van der Waals surface area contributed by atoms with Crippen LogP contribution in [-0.2, 0) is 10.0 Å². The second kappa shape index (κ2) is 6.43. The lowest BCUT2D eigenvalue weighted by Gasteiger charge is -2.23. The van der Waals surface area contributed by atoms with Gasteiger partial charge in [-0.2, -0.15) is 17.5 Å². The molecule has 0 bridgehead atoms. The number of sulfonamides is 1. The maximum Gasteiger partial charge on any atom is 0.402 e. The molecule has 0 unspecified atom stereocenters. The second-order valence-electron chi connectivity index (χ2n) is 3.57. The lowest BCUT2D eigenvalue weighted by molar-refractivity contribution is -0.135. The van der Waals surface area contributed by atoms with Crippen molar-refractivity contribution in [3.63, 3.8) is 0 Å². The van der Waals surface area contributed by atoms with Crippen LogP contribution < -0.4 is 0 Å². The Kier molecular flexibility index (Phi) is 5.66. The molecule has 1 aromatic rings. The van der Waals surface area contributed by atoms with Crippen LogP contribution in [0.25, 0.3) is 0 Å². The van der Waals surface area contributed by atoms with Crippen LogP contribution in [0.2, 0.25) is 0 Å². The van der Waals surface area contributed by atoms with E-state index < -0.39 is 29.3 Å². The maximum absolute atomic E-state index is 12.4. The van der Waals surface area contributed by atoms with E-state index in [1.807, 2.05) is 0 Å². The highest BCUT2D eigenvalue weighted by molar-refractivity contribution is 9.10. The quantitative estimate of drug-likeness (QED) is 0.736. The summed E-state index contributed by atoms with van der Waals surface area (Å²) in [5.74, 6) is -0.222. The zero-order chi connectivity index (χ0) is 14.7. The molecule has 3 nitrogen and oxygen atoms in total. The van der Waals surface area contributed by atoms with E-state index in [1.165, 1.54) is 18.2 Å². The normalized spacial score (nSPS) is 12.9. The van der Waals surface area contributed by atoms with Crippen molar-refractivity contribution >= 4 is 37.6 Å². The Hall–Kier alpha value is -0.310. The molecule has 0 fully saturated rings. The zero-order valence-corrected chi connectivity index (χ0v) is 12.7. The summed E-state index contributed by atoms with van der Waals surface area (Å²) in [4.78, 5) is -0.218. The summed E-state index contributed by atoms with van der Waals surface area (Å²) < 4.78 is 62.1. The molecule has 0 radical (unpaired) electrons. The van der Waals surface area contributed by atoms with Gasteiger partial charge in [0.25, 0.3) is 0 Å². The number of benzene rings is 1. The van der Waals surface area contributed by atoms with Crippen LogP contribution >= 0.6 is 27.5 Å². The predicted octanol–water partition coefficient (Wildman–Crippen LogP) is 3.24. The average Bonchev–Trinajstić information content (AvgIpc) is 2.27. The monoisotopic (exact) mass is 379 g/mol. The summed E-state index contributed by atoms with van der Waals surface area (Å²) in [5.41, 5.74) is 0. The molecular formula is C10H10BrClF3NO2S. The number of hydrogen-bond acceptors (Lipinski definition) is 2. The largest absolute Gasteiger partial charge is 0.402 e. The SMILES string of the molecule is O=S(=O)(c1ccccc1Br)N(CCCl)CC(F)(F)F. The summed E-state index contributed by atoms with van der Waals surface area (Å²) >= 11 is 8.38. The number of nitrogens with zero attached hydrogens (tertiary/aromatic N) is 1. The average molecular weight is 381 g/mol. The summed E-state index contributed by atoms with van der Waals surface area (Å²) in [5, 5.41) is 0. The first-order valence-electron chi connectivity index (χ1n) is 5.06. The Bertz CT molecular complexity index is 536. The van der Waals surface area contributed by atoms with Crippen LogP contribution in [0.1, 0.15) is 0 Å². The minimum atomic E-state index is -4.62. The number of rotatable bonds is 5. The summed E-state index contributed by atoms with van der Waals surface area (Å²) in [6, 6.07) is 5.68. The third-order valence-electron chi connectivity index (χ3n) is 2.14. The molecular weight excluding hydrogens is 371 g/mol. The fourth-order valence-electron chi connectivity index (χ4n) is 1.37. The topological polar surface area (TPSA) is 37.4 Å². The van der Waals surface area contributed by atoms with Crippen molar-refractivity contribution in [3.05, 3.63) is 28.7 Å². The van der Waals surface area contributed by atoms with E-state index in [9.17, 15) is 21.6 Å². The van der Waals surface area contributed by atoms with Gasteiger partial charge in [-0.05, 0) is 28.1 Å². The molecule has 1 aromatic carbocycles. The zero-order valence-electron chi connectivity index (χ0n) is 9.49. The van der Waals surface area contributed by atoms with Crippen molar-refractivity contribution in [2.75, 3.05) is 19.0 Å². The Balaban J connectivity index is 3.17. The van der Waals surface area contributed by atoms with E-state index in [4.69, 9.17) is 11.6 Å². The molecule has 0 N–H and O–H groups in total. The van der Waals surface area contributed by atoms with Gasteiger partial charge in [-0.15, -0.1) is 11.6 Å². The van der Waals surface area contributed by atoms with Gasteiger partial charge in [0.2, 0.25) is 10.0 Å². The van der Waals surface area contributed by atoms with Crippen molar-refractivity contribution in [1.29, 1.82) is 0 Å². The number of halogens is 5. The minimum Gasteiger partial charge on any atom is -0.207 e. The van der Waals surface area contributed by atoms with Crippen LogP contribution in [0.15, 0.2) is 33.6 Å². The highest BCUT2D eigenvalue weighted by Gasteiger charge is 2.37. The molecule has 1 rings (SSSR count). The second-order valence-corrected chi connectivity index (χ2v) is 6.71. The molecule has 0 amide bonds. The molecule has 0 aliphatic heterocycles. The smallest absolute Gasteiger partial charge is 0.207 e. The molecule has 0 aliphatic rings. The Morgan fingerprint density at radius 2 is 1.84 bits per heavy atom. The number of hydrogen-bond donors (Lipinski definition) is 0. The lowest BCUT2D eigenvalue weighted by Crippen LogP contribution is -2.40. The van der Waals surface area contributed by atoms with Crippen LogP contribution in [0.3, 0.4) is 0 Å². The Morgan fingerprint density at radius 1 is 1.26 bits per heavy atom. The minimum absolute atomic E-state index is 0.205.